The molecule has 0 bridgehead atoms. The molecule has 1 N–H and O–H groups in total. The number of para-hydroxylation sites is 1. The van der Waals surface area contributed by atoms with Crippen molar-refractivity contribution in [1.82, 2.24) is 10.3 Å². The number of fused-ring (bicyclic) bond motifs is 3. The number of ether oxygens (including phenoxy) is 1. The topological polar surface area (TPSA) is 64.4 Å². The zero-order valence-corrected chi connectivity index (χ0v) is 15.3. The molecule has 5 heteroatoms. The van der Waals surface area contributed by atoms with Gasteiger partial charge in [-0.05, 0) is 49.7 Å². The van der Waals surface area contributed by atoms with Crippen LogP contribution in [0.2, 0.25) is 0 Å². The number of nitrogens with zero attached hydrogens (tertiary/aromatic N) is 1. The van der Waals surface area contributed by atoms with Crippen LogP contribution in [0.4, 0.5) is 0 Å². The van der Waals surface area contributed by atoms with E-state index < -0.39 is 0 Å². The standard InChI is InChI=1S/C22H20N2O3/c1-3-26-16-10-8-15(9-11-16)13-23-22(25)20-12-18-14(2)24-19-7-5-4-6-17(19)21(18)27-20/h4-12H,3,13H2,1-2H3,(H,23,25). The average Bonchev–Trinajstić information content (AvgIpc) is 3.14. The molecular weight excluding hydrogens is 340 g/mol. The van der Waals surface area contributed by atoms with Gasteiger partial charge in [0.2, 0.25) is 0 Å². The molecule has 0 aliphatic carbocycles. The number of amides is 1. The maximum atomic E-state index is 12.6. The van der Waals surface area contributed by atoms with Gasteiger partial charge in [-0.15, -0.1) is 0 Å². The second kappa shape index (κ2) is 7.11. The maximum Gasteiger partial charge on any atom is 0.287 e. The third-order valence-corrected chi connectivity index (χ3v) is 4.47. The fourth-order valence-corrected chi connectivity index (χ4v) is 3.12. The molecule has 0 atom stereocenters. The predicted molar refractivity (Wildman–Crippen MR) is 105 cm³/mol. The number of aryl methyl sites for hydroxylation is 1. The minimum absolute atomic E-state index is 0.247. The van der Waals surface area contributed by atoms with E-state index in [0.717, 1.165) is 33.3 Å². The number of carbonyl (C=O) groups is 1. The summed E-state index contributed by atoms with van der Waals surface area (Å²) >= 11 is 0. The average molecular weight is 360 g/mol. The fourth-order valence-electron chi connectivity index (χ4n) is 3.12. The smallest absolute Gasteiger partial charge is 0.287 e. The first-order valence-corrected chi connectivity index (χ1v) is 8.94. The summed E-state index contributed by atoms with van der Waals surface area (Å²) in [6.45, 7) is 4.92. The highest BCUT2D eigenvalue weighted by Gasteiger charge is 2.16. The van der Waals surface area contributed by atoms with Crippen LogP contribution in [0.1, 0.15) is 28.7 Å². The van der Waals surface area contributed by atoms with Gasteiger partial charge in [-0.1, -0.05) is 24.3 Å². The Morgan fingerprint density at radius 2 is 1.89 bits per heavy atom. The molecule has 0 radical (unpaired) electrons. The molecule has 0 aliphatic rings. The van der Waals surface area contributed by atoms with Crippen molar-refractivity contribution >= 4 is 27.8 Å². The number of hydrogen-bond acceptors (Lipinski definition) is 4. The van der Waals surface area contributed by atoms with Crippen molar-refractivity contribution in [3.05, 3.63) is 71.6 Å². The van der Waals surface area contributed by atoms with E-state index in [-0.39, 0.29) is 11.7 Å². The van der Waals surface area contributed by atoms with E-state index in [4.69, 9.17) is 9.15 Å². The van der Waals surface area contributed by atoms with Crippen molar-refractivity contribution in [3.8, 4) is 5.75 Å². The van der Waals surface area contributed by atoms with Crippen molar-refractivity contribution in [2.24, 2.45) is 0 Å². The molecule has 0 unspecified atom stereocenters. The van der Waals surface area contributed by atoms with Crippen molar-refractivity contribution in [1.29, 1.82) is 0 Å². The van der Waals surface area contributed by atoms with Crippen LogP contribution >= 0.6 is 0 Å². The summed E-state index contributed by atoms with van der Waals surface area (Å²) in [6, 6.07) is 17.2. The van der Waals surface area contributed by atoms with Gasteiger partial charge >= 0.3 is 0 Å². The highest BCUT2D eigenvalue weighted by molar-refractivity contribution is 6.06. The zero-order chi connectivity index (χ0) is 18.8. The molecule has 1 amide bonds. The Morgan fingerprint density at radius 3 is 2.67 bits per heavy atom. The molecular formula is C22H20N2O3. The zero-order valence-electron chi connectivity index (χ0n) is 15.3. The summed E-state index contributed by atoms with van der Waals surface area (Å²) in [7, 11) is 0. The molecule has 27 heavy (non-hydrogen) atoms. The Labute approximate surface area is 157 Å². The summed E-state index contributed by atoms with van der Waals surface area (Å²) in [4.78, 5) is 17.1. The molecule has 0 fully saturated rings. The van der Waals surface area contributed by atoms with Gasteiger partial charge in [0, 0.05) is 23.0 Å². The van der Waals surface area contributed by atoms with Gasteiger partial charge in [0.15, 0.2) is 5.76 Å². The summed E-state index contributed by atoms with van der Waals surface area (Å²) in [5.74, 6) is 0.862. The Morgan fingerprint density at radius 1 is 1.11 bits per heavy atom. The van der Waals surface area contributed by atoms with Gasteiger partial charge in [-0.2, -0.15) is 0 Å². The Balaban J connectivity index is 1.56. The first-order chi connectivity index (χ1) is 13.2. The number of pyridine rings is 1. The van der Waals surface area contributed by atoms with Crippen LogP contribution in [-0.2, 0) is 6.54 Å². The lowest BCUT2D eigenvalue weighted by Gasteiger charge is -2.06. The monoisotopic (exact) mass is 360 g/mol. The van der Waals surface area contributed by atoms with E-state index in [0.29, 0.717) is 18.7 Å². The highest BCUT2D eigenvalue weighted by Crippen LogP contribution is 2.29. The van der Waals surface area contributed by atoms with E-state index in [2.05, 4.69) is 10.3 Å². The molecule has 2 heterocycles. The van der Waals surface area contributed by atoms with Crippen LogP contribution in [0.5, 0.6) is 5.75 Å². The first-order valence-electron chi connectivity index (χ1n) is 8.94. The molecule has 0 spiro atoms. The Kier molecular flexibility index (Phi) is 4.50. The van der Waals surface area contributed by atoms with Crippen molar-refractivity contribution in [3.63, 3.8) is 0 Å². The van der Waals surface area contributed by atoms with E-state index in [1.807, 2.05) is 62.4 Å². The van der Waals surface area contributed by atoms with Crippen LogP contribution in [0, 0.1) is 6.92 Å². The fraction of sp³-hybridized carbons (Fsp3) is 0.182. The van der Waals surface area contributed by atoms with Crippen LogP contribution in [0.25, 0.3) is 21.9 Å². The Hall–Kier alpha value is -3.34. The second-order valence-electron chi connectivity index (χ2n) is 6.33. The van der Waals surface area contributed by atoms with Crippen LogP contribution in [0.3, 0.4) is 0 Å². The number of furan rings is 1. The minimum atomic E-state index is -0.247. The van der Waals surface area contributed by atoms with Gasteiger partial charge in [0.1, 0.15) is 11.3 Å². The van der Waals surface area contributed by atoms with Crippen LogP contribution in [0.15, 0.2) is 59.0 Å². The number of benzene rings is 2. The van der Waals surface area contributed by atoms with Gasteiger partial charge in [0.25, 0.3) is 5.91 Å². The molecule has 2 aromatic carbocycles. The third kappa shape index (κ3) is 3.36. The summed E-state index contributed by atoms with van der Waals surface area (Å²) in [5, 5.41) is 4.67. The van der Waals surface area contributed by atoms with E-state index in [1.165, 1.54) is 0 Å². The normalized spacial score (nSPS) is 11.0. The molecule has 0 saturated carbocycles. The lowest BCUT2D eigenvalue weighted by Crippen LogP contribution is -2.22. The molecule has 2 aromatic heterocycles. The predicted octanol–water partition coefficient (Wildman–Crippen LogP) is 4.62. The van der Waals surface area contributed by atoms with Crippen LogP contribution < -0.4 is 10.1 Å². The van der Waals surface area contributed by atoms with Gasteiger partial charge in [0.05, 0.1) is 12.1 Å². The van der Waals surface area contributed by atoms with Crippen molar-refractivity contribution in [2.45, 2.75) is 20.4 Å². The van der Waals surface area contributed by atoms with E-state index in [1.54, 1.807) is 6.07 Å². The Bertz CT molecular complexity index is 1110. The first kappa shape index (κ1) is 17.1. The number of nitrogens with one attached hydrogen (secondary N) is 1. The quantitative estimate of drug-likeness (QED) is 0.564. The van der Waals surface area contributed by atoms with Crippen molar-refractivity contribution < 1.29 is 13.9 Å². The highest BCUT2D eigenvalue weighted by atomic mass is 16.5. The van der Waals surface area contributed by atoms with E-state index in [9.17, 15) is 4.79 Å². The molecule has 0 saturated heterocycles. The summed E-state index contributed by atoms with van der Waals surface area (Å²) < 4.78 is 11.3. The molecule has 4 aromatic rings. The number of carbonyl (C=O) groups excluding carboxylic acids is 1. The molecule has 0 aliphatic heterocycles. The number of aromatic nitrogens is 1. The molecule has 136 valence electrons. The van der Waals surface area contributed by atoms with Gasteiger partial charge in [-0.25, -0.2) is 0 Å². The SMILES string of the molecule is CCOc1ccc(CNC(=O)c2cc3c(C)nc4ccccc4c3o2)cc1. The van der Waals surface area contributed by atoms with Crippen molar-refractivity contribution in [2.75, 3.05) is 6.61 Å². The van der Waals surface area contributed by atoms with Gasteiger partial charge < -0.3 is 14.5 Å². The lowest BCUT2D eigenvalue weighted by molar-refractivity contribution is 0.0925. The van der Waals surface area contributed by atoms with E-state index >= 15 is 0 Å². The second-order valence-corrected chi connectivity index (χ2v) is 6.33. The molecule has 4 rings (SSSR count). The summed E-state index contributed by atoms with van der Waals surface area (Å²) in [5.41, 5.74) is 3.40. The van der Waals surface area contributed by atoms with Gasteiger partial charge in [-0.3, -0.25) is 9.78 Å². The number of hydrogen-bond donors (Lipinski definition) is 1. The third-order valence-electron chi connectivity index (χ3n) is 4.47. The lowest BCUT2D eigenvalue weighted by atomic mass is 10.1. The number of rotatable bonds is 5. The van der Waals surface area contributed by atoms with Crippen LogP contribution in [-0.4, -0.2) is 17.5 Å². The summed E-state index contributed by atoms with van der Waals surface area (Å²) in [6.07, 6.45) is 0. The maximum absolute atomic E-state index is 12.6. The minimum Gasteiger partial charge on any atom is -0.494 e. The largest absolute Gasteiger partial charge is 0.494 e. The molecule has 5 nitrogen and oxygen atoms in total.